The summed E-state index contributed by atoms with van der Waals surface area (Å²) in [5.74, 6) is 0.778. The van der Waals surface area contributed by atoms with E-state index in [1.54, 1.807) is 0 Å². The highest BCUT2D eigenvalue weighted by Gasteiger charge is 2.49. The highest BCUT2D eigenvalue weighted by Crippen LogP contribution is 2.45. The summed E-state index contributed by atoms with van der Waals surface area (Å²) in [5.41, 5.74) is -0.385. The van der Waals surface area contributed by atoms with Gasteiger partial charge in [-0.05, 0) is 31.6 Å². The molecule has 0 unspecified atom stereocenters. The van der Waals surface area contributed by atoms with Crippen LogP contribution in [0.2, 0.25) is 0 Å². The lowest BCUT2D eigenvalue weighted by molar-refractivity contribution is -0.128. The first-order chi connectivity index (χ1) is 6.27. The number of carbonyl (C=O) groups is 1. The largest absolute Gasteiger partial charge is 0.395 e. The van der Waals surface area contributed by atoms with Crippen molar-refractivity contribution in [3.05, 3.63) is 0 Å². The Bertz CT molecular complexity index is 207. The van der Waals surface area contributed by atoms with Gasteiger partial charge in [0, 0.05) is 6.54 Å². The molecule has 0 spiro atoms. The van der Waals surface area contributed by atoms with Gasteiger partial charge in [-0.25, -0.2) is 0 Å². The van der Waals surface area contributed by atoms with Crippen LogP contribution in [0.3, 0.4) is 0 Å². The van der Waals surface area contributed by atoms with Crippen molar-refractivity contribution in [3.63, 3.8) is 0 Å². The molecule has 2 N–H and O–H groups in total. The first kappa shape index (κ1) is 9.00. The van der Waals surface area contributed by atoms with Gasteiger partial charge in [0.15, 0.2) is 0 Å². The number of aliphatic hydroxyl groups is 1. The molecule has 13 heavy (non-hydrogen) atoms. The molecule has 0 saturated heterocycles. The molecule has 0 heterocycles. The topological polar surface area (TPSA) is 49.3 Å². The van der Waals surface area contributed by atoms with Crippen LogP contribution >= 0.6 is 0 Å². The number of hydrogen-bond donors (Lipinski definition) is 2. The molecule has 2 rings (SSSR count). The monoisotopic (exact) mass is 183 g/mol. The van der Waals surface area contributed by atoms with Crippen molar-refractivity contribution in [2.75, 3.05) is 13.2 Å². The van der Waals surface area contributed by atoms with Crippen molar-refractivity contribution >= 4 is 5.91 Å². The van der Waals surface area contributed by atoms with Crippen LogP contribution in [0.25, 0.3) is 0 Å². The third kappa shape index (κ3) is 1.70. The van der Waals surface area contributed by atoms with Crippen LogP contribution in [0.4, 0.5) is 0 Å². The molecule has 0 aromatic carbocycles. The van der Waals surface area contributed by atoms with Crippen molar-refractivity contribution < 1.29 is 9.90 Å². The van der Waals surface area contributed by atoms with Crippen molar-refractivity contribution in [3.8, 4) is 0 Å². The Morgan fingerprint density at radius 3 is 2.54 bits per heavy atom. The summed E-state index contributed by atoms with van der Waals surface area (Å²) in [6.07, 6.45) is 5.55. The summed E-state index contributed by atoms with van der Waals surface area (Å²) in [4.78, 5) is 11.5. The summed E-state index contributed by atoms with van der Waals surface area (Å²) in [5, 5.41) is 11.9. The molecule has 2 fully saturated rings. The van der Waals surface area contributed by atoms with E-state index in [-0.39, 0.29) is 17.9 Å². The second kappa shape index (κ2) is 3.29. The lowest BCUT2D eigenvalue weighted by Gasteiger charge is -2.26. The fourth-order valence-electron chi connectivity index (χ4n) is 1.73. The fraction of sp³-hybridized carbons (Fsp3) is 0.900. The average molecular weight is 183 g/mol. The Kier molecular flexibility index (Phi) is 2.28. The zero-order valence-electron chi connectivity index (χ0n) is 7.88. The Labute approximate surface area is 78.5 Å². The highest BCUT2D eigenvalue weighted by molar-refractivity contribution is 5.85. The van der Waals surface area contributed by atoms with Crippen LogP contribution in [0, 0.1) is 11.3 Å². The van der Waals surface area contributed by atoms with Gasteiger partial charge in [0.1, 0.15) is 0 Å². The highest BCUT2D eigenvalue weighted by atomic mass is 16.3. The smallest absolute Gasteiger partial charge is 0.228 e. The second-order valence-corrected chi connectivity index (χ2v) is 4.45. The molecule has 3 nitrogen and oxygen atoms in total. The maximum atomic E-state index is 11.5. The van der Waals surface area contributed by atoms with E-state index in [4.69, 9.17) is 5.11 Å². The van der Waals surface area contributed by atoms with E-state index in [9.17, 15) is 4.79 Å². The first-order valence-corrected chi connectivity index (χ1v) is 5.16. The van der Waals surface area contributed by atoms with Gasteiger partial charge in [0.05, 0.1) is 12.0 Å². The molecule has 2 aliphatic rings. The summed E-state index contributed by atoms with van der Waals surface area (Å²) >= 11 is 0. The Balaban J connectivity index is 1.71. The number of amides is 1. The molecule has 0 bridgehead atoms. The Morgan fingerprint density at radius 2 is 2.15 bits per heavy atom. The molecule has 3 heteroatoms. The first-order valence-electron chi connectivity index (χ1n) is 5.16. The van der Waals surface area contributed by atoms with Gasteiger partial charge < -0.3 is 10.4 Å². The number of rotatable bonds is 4. The van der Waals surface area contributed by atoms with Crippen LogP contribution < -0.4 is 5.32 Å². The SMILES string of the molecule is O=C(NCC1CCC1)C1(CO)CC1. The van der Waals surface area contributed by atoms with Crippen molar-refractivity contribution in [2.45, 2.75) is 32.1 Å². The molecular weight excluding hydrogens is 166 g/mol. The summed E-state index contributed by atoms with van der Waals surface area (Å²) in [7, 11) is 0. The molecule has 0 aromatic rings. The Hall–Kier alpha value is -0.570. The van der Waals surface area contributed by atoms with Gasteiger partial charge in [0.25, 0.3) is 0 Å². The normalized spacial score (nSPS) is 25.0. The van der Waals surface area contributed by atoms with Gasteiger partial charge in [-0.15, -0.1) is 0 Å². The summed E-state index contributed by atoms with van der Waals surface area (Å²) in [6.45, 7) is 0.837. The van der Waals surface area contributed by atoms with Crippen LogP contribution in [-0.4, -0.2) is 24.2 Å². The number of nitrogens with one attached hydrogen (secondary N) is 1. The van der Waals surface area contributed by atoms with Gasteiger partial charge >= 0.3 is 0 Å². The maximum Gasteiger partial charge on any atom is 0.228 e. The Morgan fingerprint density at radius 1 is 1.46 bits per heavy atom. The number of hydrogen-bond acceptors (Lipinski definition) is 2. The molecule has 0 radical (unpaired) electrons. The molecule has 0 aliphatic heterocycles. The molecule has 2 aliphatic carbocycles. The van der Waals surface area contributed by atoms with E-state index in [1.807, 2.05) is 0 Å². The number of aliphatic hydroxyl groups excluding tert-OH is 1. The van der Waals surface area contributed by atoms with E-state index in [0.717, 1.165) is 19.4 Å². The summed E-state index contributed by atoms with van der Waals surface area (Å²) in [6, 6.07) is 0. The van der Waals surface area contributed by atoms with Crippen LogP contribution in [0.5, 0.6) is 0 Å². The van der Waals surface area contributed by atoms with Gasteiger partial charge in [-0.3, -0.25) is 4.79 Å². The van der Waals surface area contributed by atoms with Crippen molar-refractivity contribution in [1.29, 1.82) is 0 Å². The molecule has 2 saturated carbocycles. The average Bonchev–Trinajstić information content (AvgIpc) is 2.81. The van der Waals surface area contributed by atoms with E-state index < -0.39 is 0 Å². The predicted octanol–water partition coefficient (Wildman–Crippen LogP) is 0.675. The van der Waals surface area contributed by atoms with Gasteiger partial charge in [-0.1, -0.05) is 6.42 Å². The van der Waals surface area contributed by atoms with Crippen molar-refractivity contribution in [2.24, 2.45) is 11.3 Å². The quantitative estimate of drug-likeness (QED) is 0.673. The van der Waals surface area contributed by atoms with E-state index in [1.165, 1.54) is 19.3 Å². The van der Waals surface area contributed by atoms with Crippen LogP contribution in [0.15, 0.2) is 0 Å². The van der Waals surface area contributed by atoms with E-state index >= 15 is 0 Å². The van der Waals surface area contributed by atoms with Gasteiger partial charge in [-0.2, -0.15) is 0 Å². The molecule has 0 aromatic heterocycles. The number of carbonyl (C=O) groups excluding carboxylic acids is 1. The lowest BCUT2D eigenvalue weighted by atomic mass is 9.85. The molecule has 1 amide bonds. The second-order valence-electron chi connectivity index (χ2n) is 4.45. The minimum atomic E-state index is -0.385. The fourth-order valence-corrected chi connectivity index (χ4v) is 1.73. The van der Waals surface area contributed by atoms with Crippen molar-refractivity contribution in [1.82, 2.24) is 5.32 Å². The lowest BCUT2D eigenvalue weighted by Crippen LogP contribution is -2.38. The van der Waals surface area contributed by atoms with Gasteiger partial charge in [0.2, 0.25) is 5.91 Å². The minimum Gasteiger partial charge on any atom is -0.395 e. The summed E-state index contributed by atoms with van der Waals surface area (Å²) < 4.78 is 0. The third-order valence-electron chi connectivity index (χ3n) is 3.41. The minimum absolute atomic E-state index is 0.0174. The zero-order valence-corrected chi connectivity index (χ0v) is 7.88. The van der Waals surface area contributed by atoms with Crippen LogP contribution in [-0.2, 0) is 4.79 Å². The maximum absolute atomic E-state index is 11.5. The van der Waals surface area contributed by atoms with E-state index in [2.05, 4.69) is 5.32 Å². The molecule has 74 valence electrons. The zero-order chi connectivity index (χ0) is 9.31. The third-order valence-corrected chi connectivity index (χ3v) is 3.41. The molecular formula is C10H17NO2. The predicted molar refractivity (Wildman–Crippen MR) is 49.1 cm³/mol. The van der Waals surface area contributed by atoms with Crippen LogP contribution in [0.1, 0.15) is 32.1 Å². The van der Waals surface area contributed by atoms with E-state index in [0.29, 0.717) is 5.92 Å². The molecule has 0 atom stereocenters. The standard InChI is InChI=1S/C10H17NO2/c12-7-10(4-5-10)9(13)11-6-8-2-1-3-8/h8,12H,1-7H2,(H,11,13).